The number of pyridine rings is 1. The van der Waals surface area contributed by atoms with Gasteiger partial charge in [-0.05, 0) is 37.8 Å². The Morgan fingerprint density at radius 2 is 2.02 bits per heavy atom. The van der Waals surface area contributed by atoms with Crippen LogP contribution in [0.2, 0.25) is 0 Å². The minimum absolute atomic E-state index is 0.0583. The summed E-state index contributed by atoms with van der Waals surface area (Å²) in [6, 6.07) is 2.28. The number of anilines is 2. The number of aromatic nitrogens is 1. The Labute approximate surface area is 253 Å². The Bertz CT molecular complexity index is 1200. The number of nitrogens with two attached hydrogens (primary N) is 1. The Balaban J connectivity index is 1.36. The van der Waals surface area contributed by atoms with E-state index in [9.17, 15) is 13.6 Å². The van der Waals surface area contributed by atoms with Crippen molar-refractivity contribution in [1.82, 2.24) is 20.1 Å². The lowest BCUT2D eigenvalue weighted by molar-refractivity contribution is -0.125. The SMILES string of the molecule is C=CC(=O)N1CCN(C2CN(c3cc(N4CCC5(CC4)OC(COC)CN/C5=C(/C)CN)nc(C(F)F)c3CCC)C2)C1. The summed E-state index contributed by atoms with van der Waals surface area (Å²) in [5.74, 6) is 0.530. The van der Waals surface area contributed by atoms with Gasteiger partial charge in [-0.3, -0.25) is 9.69 Å². The standard InChI is InChI=1S/C31H47F2N7O3/c1-5-7-24-25(40-17-22(18-40)38-12-13-39(20-38)27(41)6-2)14-26(36-28(24)30(32)33)37-10-8-31(9-11-37)29(21(3)15-34)35-16-23(43-31)19-42-4/h6,14,22-23,30,35H,2,5,7-13,15-20,34H2,1,3-4H3/b29-21-. The zero-order chi connectivity index (χ0) is 30.7. The number of hydrogen-bond acceptors (Lipinski definition) is 9. The molecule has 12 heteroatoms. The molecular weight excluding hydrogens is 556 g/mol. The molecule has 43 heavy (non-hydrogen) atoms. The zero-order valence-electron chi connectivity index (χ0n) is 25.8. The fourth-order valence-electron chi connectivity index (χ4n) is 6.98. The first-order chi connectivity index (χ1) is 20.7. The molecule has 3 N–H and O–H groups in total. The largest absolute Gasteiger partial charge is 0.383 e. The van der Waals surface area contributed by atoms with Crippen molar-refractivity contribution < 1.29 is 23.0 Å². The average Bonchev–Trinajstić information content (AvgIpc) is 3.46. The van der Waals surface area contributed by atoms with Crippen LogP contribution in [0.25, 0.3) is 0 Å². The number of halogens is 2. The lowest BCUT2D eigenvalue weighted by Crippen LogP contribution is -2.59. The fraction of sp³-hybridized carbons (Fsp3) is 0.677. The van der Waals surface area contributed by atoms with Crippen LogP contribution in [0.15, 0.2) is 30.0 Å². The molecule has 0 radical (unpaired) electrons. The first-order valence-electron chi connectivity index (χ1n) is 15.5. The number of methoxy groups -OCH3 is 1. The fourth-order valence-corrected chi connectivity index (χ4v) is 6.98. The minimum atomic E-state index is -2.66. The molecule has 4 saturated heterocycles. The second-order valence-electron chi connectivity index (χ2n) is 12.1. The number of hydrogen-bond donors (Lipinski definition) is 2. The Morgan fingerprint density at radius 1 is 1.28 bits per heavy atom. The van der Waals surface area contributed by atoms with Crippen molar-refractivity contribution in [2.75, 3.05) is 82.5 Å². The van der Waals surface area contributed by atoms with E-state index in [0.29, 0.717) is 76.6 Å². The molecule has 5 rings (SSSR count). The van der Waals surface area contributed by atoms with Crippen molar-refractivity contribution in [3.63, 3.8) is 0 Å². The van der Waals surface area contributed by atoms with Crippen LogP contribution in [-0.2, 0) is 20.7 Å². The van der Waals surface area contributed by atoms with Crippen molar-refractivity contribution in [3.8, 4) is 0 Å². The zero-order valence-corrected chi connectivity index (χ0v) is 25.8. The number of amides is 1. The lowest BCUT2D eigenvalue weighted by atomic mass is 9.83. The quantitative estimate of drug-likeness (QED) is 0.391. The smallest absolute Gasteiger partial charge is 0.280 e. The minimum Gasteiger partial charge on any atom is -0.383 e. The van der Waals surface area contributed by atoms with E-state index in [1.165, 1.54) is 6.08 Å². The summed E-state index contributed by atoms with van der Waals surface area (Å²) < 4.78 is 41.1. The molecule has 0 aliphatic carbocycles. The topological polar surface area (TPSA) is 99.4 Å². The summed E-state index contributed by atoms with van der Waals surface area (Å²) >= 11 is 0. The molecular formula is C31H47F2N7O3. The van der Waals surface area contributed by atoms with Crippen LogP contribution < -0.4 is 20.9 Å². The van der Waals surface area contributed by atoms with Crippen LogP contribution in [0, 0.1) is 0 Å². The van der Waals surface area contributed by atoms with E-state index in [-0.39, 0.29) is 23.7 Å². The second kappa shape index (κ2) is 13.5. The summed E-state index contributed by atoms with van der Waals surface area (Å²) in [7, 11) is 1.67. The third-order valence-electron chi connectivity index (χ3n) is 9.38. The molecule has 238 valence electrons. The van der Waals surface area contributed by atoms with E-state index in [4.69, 9.17) is 15.2 Å². The Hall–Kier alpha value is -2.80. The van der Waals surface area contributed by atoms with Crippen molar-refractivity contribution in [3.05, 3.63) is 41.2 Å². The third-order valence-corrected chi connectivity index (χ3v) is 9.38. The highest BCUT2D eigenvalue weighted by Gasteiger charge is 2.45. The van der Waals surface area contributed by atoms with Crippen molar-refractivity contribution >= 4 is 17.4 Å². The van der Waals surface area contributed by atoms with Gasteiger partial charge in [-0.15, -0.1) is 0 Å². The molecule has 10 nitrogen and oxygen atoms in total. The van der Waals surface area contributed by atoms with E-state index in [1.807, 2.05) is 19.9 Å². The summed E-state index contributed by atoms with van der Waals surface area (Å²) in [6.07, 6.45) is 1.29. The summed E-state index contributed by atoms with van der Waals surface area (Å²) in [6.45, 7) is 14.0. The number of carbonyl (C=O) groups excluding carboxylic acids is 1. The molecule has 1 atom stereocenters. The van der Waals surface area contributed by atoms with Crippen LogP contribution in [0.5, 0.6) is 0 Å². The Kier molecular flexibility index (Phi) is 9.89. The number of rotatable bonds is 10. The first kappa shape index (κ1) is 31.6. The van der Waals surface area contributed by atoms with Gasteiger partial charge in [0.1, 0.15) is 17.1 Å². The number of nitrogens with zero attached hydrogens (tertiary/aromatic N) is 5. The lowest BCUT2D eigenvalue weighted by Gasteiger charge is -2.49. The molecule has 5 heterocycles. The highest BCUT2D eigenvalue weighted by atomic mass is 19.3. The molecule has 1 aromatic rings. The van der Waals surface area contributed by atoms with E-state index < -0.39 is 12.0 Å². The van der Waals surface area contributed by atoms with Gasteiger partial charge < -0.3 is 35.2 Å². The maximum Gasteiger partial charge on any atom is 0.280 e. The number of carbonyl (C=O) groups is 1. The number of morpholine rings is 1. The first-order valence-corrected chi connectivity index (χ1v) is 15.5. The Morgan fingerprint density at radius 3 is 2.65 bits per heavy atom. The van der Waals surface area contributed by atoms with Gasteiger partial charge in [0.15, 0.2) is 0 Å². The normalized spacial score (nSPS) is 24.0. The molecule has 1 unspecified atom stereocenters. The molecule has 4 aliphatic rings. The van der Waals surface area contributed by atoms with Gasteiger partial charge in [0.05, 0.1) is 19.4 Å². The van der Waals surface area contributed by atoms with Crippen LogP contribution in [0.1, 0.15) is 50.8 Å². The van der Waals surface area contributed by atoms with Crippen molar-refractivity contribution in [1.29, 1.82) is 0 Å². The van der Waals surface area contributed by atoms with Crippen LogP contribution in [0.3, 0.4) is 0 Å². The number of ether oxygens (including phenoxy) is 2. The van der Waals surface area contributed by atoms with Crippen LogP contribution in [-0.4, -0.2) is 111 Å². The summed E-state index contributed by atoms with van der Waals surface area (Å²) in [4.78, 5) is 25.0. The average molecular weight is 604 g/mol. The molecule has 0 bridgehead atoms. The monoisotopic (exact) mass is 603 g/mol. The molecule has 4 fully saturated rings. The molecule has 1 amide bonds. The predicted octanol–water partition coefficient (Wildman–Crippen LogP) is 2.65. The van der Waals surface area contributed by atoms with Crippen molar-refractivity contribution in [2.24, 2.45) is 5.73 Å². The van der Waals surface area contributed by atoms with E-state index >= 15 is 0 Å². The third kappa shape index (κ3) is 6.38. The van der Waals surface area contributed by atoms with Gasteiger partial charge in [0.25, 0.3) is 6.43 Å². The molecule has 1 spiro atoms. The molecule has 1 aromatic heterocycles. The van der Waals surface area contributed by atoms with Gasteiger partial charge in [-0.1, -0.05) is 19.9 Å². The van der Waals surface area contributed by atoms with Crippen LogP contribution >= 0.6 is 0 Å². The number of alkyl halides is 2. The maximum absolute atomic E-state index is 14.5. The highest BCUT2D eigenvalue weighted by molar-refractivity contribution is 5.87. The van der Waals surface area contributed by atoms with Gasteiger partial charge in [0.2, 0.25) is 5.91 Å². The van der Waals surface area contributed by atoms with Crippen molar-refractivity contribution in [2.45, 2.75) is 63.7 Å². The van der Waals surface area contributed by atoms with Crippen LogP contribution in [0.4, 0.5) is 20.3 Å². The summed E-state index contributed by atoms with van der Waals surface area (Å²) in [5.41, 5.74) is 9.01. The highest BCUT2D eigenvalue weighted by Crippen LogP contribution is 2.41. The van der Waals surface area contributed by atoms with Gasteiger partial charge in [0, 0.05) is 88.5 Å². The predicted molar refractivity (Wildman–Crippen MR) is 163 cm³/mol. The molecule has 4 aliphatic heterocycles. The van der Waals surface area contributed by atoms with E-state index in [0.717, 1.165) is 43.0 Å². The molecule has 0 saturated carbocycles. The van der Waals surface area contributed by atoms with E-state index in [2.05, 4.69) is 31.6 Å². The van der Waals surface area contributed by atoms with Gasteiger partial charge >= 0.3 is 0 Å². The second-order valence-corrected chi connectivity index (χ2v) is 12.1. The maximum atomic E-state index is 14.5. The number of nitrogens with one attached hydrogen (secondary N) is 1. The summed E-state index contributed by atoms with van der Waals surface area (Å²) in [5, 5.41) is 3.57. The van der Waals surface area contributed by atoms with Gasteiger partial charge in [-0.2, -0.15) is 0 Å². The molecule has 0 aromatic carbocycles. The van der Waals surface area contributed by atoms with Gasteiger partial charge in [-0.25, -0.2) is 13.8 Å². The number of piperidine rings is 1. The van der Waals surface area contributed by atoms with E-state index in [1.54, 1.807) is 12.0 Å².